The Hall–Kier alpha value is -0.570. The Bertz CT molecular complexity index is 258. The molecule has 20 heavy (non-hydrogen) atoms. The van der Waals surface area contributed by atoms with Gasteiger partial charge in [-0.25, -0.2) is 0 Å². The first-order chi connectivity index (χ1) is 9.63. The molecular formula is C17H34N2O. The first kappa shape index (κ1) is 17.5. The number of hydrogen-bond acceptors (Lipinski definition) is 2. The predicted octanol–water partition coefficient (Wildman–Crippen LogP) is 3.57. The number of nitrogens with zero attached hydrogens (tertiary/aromatic N) is 1. The lowest BCUT2D eigenvalue weighted by Crippen LogP contribution is -2.38. The second-order valence-electron chi connectivity index (χ2n) is 6.75. The number of nitrogens with two attached hydrogens (primary N) is 1. The zero-order chi connectivity index (χ0) is 14.8. The molecule has 3 heteroatoms. The molecule has 0 aromatic carbocycles. The van der Waals surface area contributed by atoms with Gasteiger partial charge in [0.15, 0.2) is 0 Å². The van der Waals surface area contributed by atoms with E-state index in [0.29, 0.717) is 5.91 Å². The summed E-state index contributed by atoms with van der Waals surface area (Å²) in [5.74, 6) is 2.04. The molecule has 0 aromatic rings. The lowest BCUT2D eigenvalue weighted by atomic mass is 9.90. The fraction of sp³-hybridized carbons (Fsp3) is 0.941. The number of carbonyl (C=O) groups is 1. The van der Waals surface area contributed by atoms with Crippen molar-refractivity contribution in [3.8, 4) is 0 Å². The van der Waals surface area contributed by atoms with E-state index in [4.69, 9.17) is 5.73 Å². The molecule has 0 radical (unpaired) electrons. The molecule has 0 bridgehead atoms. The van der Waals surface area contributed by atoms with Crippen LogP contribution in [-0.2, 0) is 4.79 Å². The molecule has 3 nitrogen and oxygen atoms in total. The van der Waals surface area contributed by atoms with Crippen molar-refractivity contribution >= 4 is 5.91 Å². The molecule has 1 rings (SSSR count). The van der Waals surface area contributed by atoms with Crippen LogP contribution in [0.2, 0.25) is 0 Å². The van der Waals surface area contributed by atoms with Gasteiger partial charge in [0.1, 0.15) is 0 Å². The highest BCUT2D eigenvalue weighted by molar-refractivity contribution is 5.76. The SMILES string of the molecule is CC(C)CCCC1CCN(C(=O)CCCCCN)CC1. The molecule has 1 aliphatic rings. The number of carbonyl (C=O) groups excluding carboxylic acids is 1. The Morgan fingerprint density at radius 1 is 1.15 bits per heavy atom. The summed E-state index contributed by atoms with van der Waals surface area (Å²) in [5, 5.41) is 0. The lowest BCUT2D eigenvalue weighted by molar-refractivity contribution is -0.132. The Morgan fingerprint density at radius 3 is 2.45 bits per heavy atom. The topological polar surface area (TPSA) is 46.3 Å². The Morgan fingerprint density at radius 2 is 1.85 bits per heavy atom. The summed E-state index contributed by atoms with van der Waals surface area (Å²) in [6.07, 6.45) is 10.4. The third-order valence-electron chi connectivity index (χ3n) is 4.46. The molecule has 1 amide bonds. The number of amides is 1. The van der Waals surface area contributed by atoms with E-state index < -0.39 is 0 Å². The van der Waals surface area contributed by atoms with Gasteiger partial charge in [0.05, 0.1) is 0 Å². The molecule has 0 unspecified atom stereocenters. The second-order valence-corrected chi connectivity index (χ2v) is 6.75. The van der Waals surface area contributed by atoms with Gasteiger partial charge in [0.25, 0.3) is 0 Å². The lowest BCUT2D eigenvalue weighted by Gasteiger charge is -2.32. The highest BCUT2D eigenvalue weighted by atomic mass is 16.2. The average Bonchev–Trinajstić information content (AvgIpc) is 2.44. The molecule has 1 saturated heterocycles. The molecule has 118 valence electrons. The van der Waals surface area contributed by atoms with Crippen LogP contribution < -0.4 is 5.73 Å². The summed E-state index contributed by atoms with van der Waals surface area (Å²) in [7, 11) is 0. The van der Waals surface area contributed by atoms with E-state index in [2.05, 4.69) is 18.7 Å². The molecule has 1 aliphatic heterocycles. The van der Waals surface area contributed by atoms with Crippen LogP contribution >= 0.6 is 0 Å². The largest absolute Gasteiger partial charge is 0.343 e. The van der Waals surface area contributed by atoms with Crippen LogP contribution in [0.15, 0.2) is 0 Å². The Labute approximate surface area is 125 Å². The third-order valence-corrected chi connectivity index (χ3v) is 4.46. The fourth-order valence-electron chi connectivity index (χ4n) is 3.04. The Balaban J connectivity index is 2.10. The van der Waals surface area contributed by atoms with Crippen LogP contribution in [0.1, 0.15) is 71.6 Å². The minimum Gasteiger partial charge on any atom is -0.343 e. The van der Waals surface area contributed by atoms with Crippen molar-refractivity contribution in [3.05, 3.63) is 0 Å². The van der Waals surface area contributed by atoms with E-state index in [1.807, 2.05) is 0 Å². The number of piperidine rings is 1. The van der Waals surface area contributed by atoms with E-state index in [-0.39, 0.29) is 0 Å². The molecule has 0 aromatic heterocycles. The van der Waals surface area contributed by atoms with Crippen LogP contribution in [0, 0.1) is 11.8 Å². The highest BCUT2D eigenvalue weighted by Gasteiger charge is 2.21. The van der Waals surface area contributed by atoms with Gasteiger partial charge in [-0.1, -0.05) is 39.5 Å². The first-order valence-corrected chi connectivity index (χ1v) is 8.61. The van der Waals surface area contributed by atoms with Crippen molar-refractivity contribution in [3.63, 3.8) is 0 Å². The van der Waals surface area contributed by atoms with Crippen LogP contribution in [0.25, 0.3) is 0 Å². The summed E-state index contributed by atoms with van der Waals surface area (Å²) in [6.45, 7) is 7.32. The Kier molecular flexibility index (Phi) is 8.92. The van der Waals surface area contributed by atoms with Crippen molar-refractivity contribution in [1.82, 2.24) is 4.90 Å². The zero-order valence-electron chi connectivity index (χ0n) is 13.6. The van der Waals surface area contributed by atoms with Gasteiger partial charge < -0.3 is 10.6 Å². The predicted molar refractivity (Wildman–Crippen MR) is 85.5 cm³/mol. The third kappa shape index (κ3) is 7.28. The smallest absolute Gasteiger partial charge is 0.222 e. The van der Waals surface area contributed by atoms with Crippen molar-refractivity contribution in [2.24, 2.45) is 17.6 Å². The maximum Gasteiger partial charge on any atom is 0.222 e. The van der Waals surface area contributed by atoms with Crippen LogP contribution in [-0.4, -0.2) is 30.4 Å². The van der Waals surface area contributed by atoms with Crippen LogP contribution in [0.4, 0.5) is 0 Å². The minimum atomic E-state index is 0.364. The fourth-order valence-corrected chi connectivity index (χ4v) is 3.04. The maximum atomic E-state index is 12.1. The summed E-state index contributed by atoms with van der Waals surface area (Å²) in [4.78, 5) is 14.2. The van der Waals surface area contributed by atoms with Gasteiger partial charge in [-0.2, -0.15) is 0 Å². The molecule has 1 heterocycles. The average molecular weight is 282 g/mol. The zero-order valence-corrected chi connectivity index (χ0v) is 13.6. The summed E-state index contributed by atoms with van der Waals surface area (Å²) in [5.41, 5.74) is 5.47. The summed E-state index contributed by atoms with van der Waals surface area (Å²) in [6, 6.07) is 0. The van der Waals surface area contributed by atoms with E-state index >= 15 is 0 Å². The second kappa shape index (κ2) is 10.2. The standard InChI is InChI=1S/C17H34N2O/c1-15(2)7-6-8-16-10-13-19(14-11-16)17(20)9-4-3-5-12-18/h15-16H,3-14,18H2,1-2H3. The van der Waals surface area contributed by atoms with Crippen LogP contribution in [0.5, 0.6) is 0 Å². The van der Waals surface area contributed by atoms with Crippen molar-refractivity contribution in [2.45, 2.75) is 71.6 Å². The van der Waals surface area contributed by atoms with E-state index in [1.54, 1.807) is 0 Å². The van der Waals surface area contributed by atoms with Gasteiger partial charge in [-0.05, 0) is 44.1 Å². The summed E-state index contributed by atoms with van der Waals surface area (Å²) >= 11 is 0. The highest BCUT2D eigenvalue weighted by Crippen LogP contribution is 2.24. The molecule has 1 fully saturated rings. The van der Waals surface area contributed by atoms with Crippen molar-refractivity contribution < 1.29 is 4.79 Å². The molecule has 2 N–H and O–H groups in total. The van der Waals surface area contributed by atoms with Crippen LogP contribution in [0.3, 0.4) is 0 Å². The minimum absolute atomic E-state index is 0.364. The van der Waals surface area contributed by atoms with Crippen molar-refractivity contribution in [1.29, 1.82) is 0 Å². The van der Waals surface area contributed by atoms with Gasteiger partial charge in [-0.15, -0.1) is 0 Å². The van der Waals surface area contributed by atoms with Gasteiger partial charge in [0, 0.05) is 19.5 Å². The number of rotatable bonds is 9. The van der Waals surface area contributed by atoms with E-state index in [9.17, 15) is 4.79 Å². The number of unbranched alkanes of at least 4 members (excludes halogenated alkanes) is 2. The van der Waals surface area contributed by atoms with Gasteiger partial charge in [-0.3, -0.25) is 4.79 Å². The van der Waals surface area contributed by atoms with Crippen molar-refractivity contribution in [2.75, 3.05) is 19.6 Å². The van der Waals surface area contributed by atoms with Gasteiger partial charge in [0.2, 0.25) is 5.91 Å². The van der Waals surface area contributed by atoms with E-state index in [1.165, 1.54) is 32.1 Å². The normalized spacial score (nSPS) is 16.9. The molecule has 0 spiro atoms. The van der Waals surface area contributed by atoms with E-state index in [0.717, 1.165) is 57.2 Å². The number of likely N-dealkylation sites (tertiary alicyclic amines) is 1. The molecule has 0 atom stereocenters. The maximum absolute atomic E-state index is 12.1. The molecular weight excluding hydrogens is 248 g/mol. The van der Waals surface area contributed by atoms with Gasteiger partial charge >= 0.3 is 0 Å². The number of hydrogen-bond donors (Lipinski definition) is 1. The monoisotopic (exact) mass is 282 g/mol. The molecule has 0 saturated carbocycles. The summed E-state index contributed by atoms with van der Waals surface area (Å²) < 4.78 is 0. The first-order valence-electron chi connectivity index (χ1n) is 8.61. The quantitative estimate of drug-likeness (QED) is 0.657. The molecule has 0 aliphatic carbocycles.